The number of hydrogen-bond acceptors (Lipinski definition) is 3. The number of thioether (sulfide) groups is 1. The molecule has 3 aromatic carbocycles. The molecule has 0 atom stereocenters. The molecule has 0 fully saturated rings. The van der Waals surface area contributed by atoms with Gasteiger partial charge in [-0.15, -0.1) is 0 Å². The summed E-state index contributed by atoms with van der Waals surface area (Å²) >= 11 is 1.36. The molecular weight excluding hydrogens is 397 g/mol. The van der Waals surface area contributed by atoms with Gasteiger partial charge in [0.1, 0.15) is 0 Å². The predicted octanol–water partition coefficient (Wildman–Crippen LogP) is 5.60. The van der Waals surface area contributed by atoms with Gasteiger partial charge in [0, 0.05) is 17.9 Å². The van der Waals surface area contributed by atoms with Gasteiger partial charge in [0.2, 0.25) is 0 Å². The number of benzene rings is 3. The van der Waals surface area contributed by atoms with Crippen LogP contribution in [0, 0.1) is 0 Å². The molecule has 29 heavy (non-hydrogen) atoms. The Hall–Kier alpha value is -2.80. The van der Waals surface area contributed by atoms with Gasteiger partial charge in [-0.1, -0.05) is 54.2 Å². The molecule has 0 saturated heterocycles. The van der Waals surface area contributed by atoms with Crippen LogP contribution in [0.25, 0.3) is 10.8 Å². The van der Waals surface area contributed by atoms with Crippen LogP contribution in [0.4, 0.5) is 13.2 Å². The van der Waals surface area contributed by atoms with Gasteiger partial charge in [-0.25, -0.2) is 0 Å². The smallest absolute Gasteiger partial charge is 0.286 e. The molecule has 0 spiro atoms. The fourth-order valence-electron chi connectivity index (χ4n) is 3.15. The highest BCUT2D eigenvalue weighted by atomic mass is 32.2. The van der Waals surface area contributed by atoms with E-state index in [1.165, 1.54) is 23.9 Å². The van der Waals surface area contributed by atoms with Crippen LogP contribution < -0.4 is 0 Å². The highest BCUT2D eigenvalue weighted by Crippen LogP contribution is 2.30. The first-order valence-corrected chi connectivity index (χ1v) is 10.0. The second kappa shape index (κ2) is 7.91. The fraction of sp³-hybridized carbons (Fsp3) is 0.182. The standard InChI is InChI=1S/C22H17F3N2OS/c23-22(24,25)19-9-5-15(6-10-19)14-29-21-26-11-12-27(21)20(28)18-8-7-16-3-1-2-4-17(16)13-18/h1-10,13H,11-12,14H2. The topological polar surface area (TPSA) is 32.7 Å². The lowest BCUT2D eigenvalue weighted by Crippen LogP contribution is -2.32. The summed E-state index contributed by atoms with van der Waals surface area (Å²) < 4.78 is 38.0. The maximum atomic E-state index is 13.0. The van der Waals surface area contributed by atoms with Gasteiger partial charge in [0.15, 0.2) is 5.17 Å². The van der Waals surface area contributed by atoms with E-state index >= 15 is 0 Å². The molecule has 3 aromatic rings. The number of aliphatic imine (C=N–C) groups is 1. The van der Waals surface area contributed by atoms with Crippen molar-refractivity contribution in [3.05, 3.63) is 83.4 Å². The molecule has 0 aliphatic carbocycles. The number of rotatable bonds is 3. The van der Waals surface area contributed by atoms with E-state index < -0.39 is 11.7 Å². The minimum atomic E-state index is -4.34. The predicted molar refractivity (Wildman–Crippen MR) is 110 cm³/mol. The molecule has 148 valence electrons. The van der Waals surface area contributed by atoms with E-state index in [0.717, 1.165) is 28.5 Å². The van der Waals surface area contributed by atoms with Crippen molar-refractivity contribution in [3.8, 4) is 0 Å². The molecule has 1 aliphatic rings. The second-order valence-electron chi connectivity index (χ2n) is 6.67. The van der Waals surface area contributed by atoms with Gasteiger partial charge < -0.3 is 0 Å². The normalized spacial score (nSPS) is 14.3. The Labute approximate surface area is 170 Å². The van der Waals surface area contributed by atoms with E-state index in [1.54, 1.807) is 11.0 Å². The van der Waals surface area contributed by atoms with Crippen molar-refractivity contribution in [3.63, 3.8) is 0 Å². The Balaban J connectivity index is 1.45. The van der Waals surface area contributed by atoms with Crippen LogP contribution in [0.2, 0.25) is 0 Å². The molecule has 0 N–H and O–H groups in total. The van der Waals surface area contributed by atoms with Crippen LogP contribution in [0.5, 0.6) is 0 Å². The second-order valence-corrected chi connectivity index (χ2v) is 7.61. The largest absolute Gasteiger partial charge is 0.416 e. The minimum absolute atomic E-state index is 0.119. The summed E-state index contributed by atoms with van der Waals surface area (Å²) in [6, 6.07) is 18.5. The SMILES string of the molecule is O=C(c1ccc2ccccc2c1)N1CCN=C1SCc1ccc(C(F)(F)F)cc1. The zero-order valence-corrected chi connectivity index (χ0v) is 16.1. The van der Waals surface area contributed by atoms with Crippen molar-refractivity contribution < 1.29 is 18.0 Å². The summed E-state index contributed by atoms with van der Waals surface area (Å²) in [7, 11) is 0. The molecule has 1 heterocycles. The summed E-state index contributed by atoms with van der Waals surface area (Å²) in [5.41, 5.74) is 0.668. The summed E-state index contributed by atoms with van der Waals surface area (Å²) in [6.45, 7) is 1.02. The molecule has 4 rings (SSSR count). The number of carbonyl (C=O) groups is 1. The van der Waals surface area contributed by atoms with Crippen molar-refractivity contribution >= 4 is 33.6 Å². The molecule has 0 saturated carbocycles. The van der Waals surface area contributed by atoms with Crippen molar-refractivity contribution in [2.45, 2.75) is 11.9 Å². The quantitative estimate of drug-likeness (QED) is 0.559. The molecular formula is C22H17F3N2OS. The van der Waals surface area contributed by atoms with Crippen LogP contribution >= 0.6 is 11.8 Å². The van der Waals surface area contributed by atoms with Crippen LogP contribution in [0.3, 0.4) is 0 Å². The highest BCUT2D eigenvalue weighted by molar-refractivity contribution is 8.13. The van der Waals surface area contributed by atoms with Crippen molar-refractivity contribution in [2.75, 3.05) is 13.1 Å². The van der Waals surface area contributed by atoms with E-state index in [4.69, 9.17) is 0 Å². The number of carbonyl (C=O) groups excluding carboxylic acids is 1. The van der Waals surface area contributed by atoms with Gasteiger partial charge >= 0.3 is 6.18 Å². The molecule has 0 unspecified atom stereocenters. The first kappa shape index (κ1) is 19.5. The third kappa shape index (κ3) is 4.29. The fourth-order valence-corrected chi connectivity index (χ4v) is 4.16. The van der Waals surface area contributed by atoms with Crippen LogP contribution in [0.1, 0.15) is 21.5 Å². The number of halogens is 3. The first-order valence-electron chi connectivity index (χ1n) is 9.06. The zero-order chi connectivity index (χ0) is 20.4. The Kier molecular flexibility index (Phi) is 5.32. The Bertz CT molecular complexity index is 1080. The lowest BCUT2D eigenvalue weighted by molar-refractivity contribution is -0.137. The maximum Gasteiger partial charge on any atom is 0.416 e. The summed E-state index contributed by atoms with van der Waals surface area (Å²) in [4.78, 5) is 19.0. The van der Waals surface area contributed by atoms with Crippen LogP contribution in [-0.2, 0) is 11.9 Å². The van der Waals surface area contributed by atoms with Crippen molar-refractivity contribution in [1.82, 2.24) is 4.90 Å². The Morgan fingerprint density at radius 3 is 2.45 bits per heavy atom. The van der Waals surface area contributed by atoms with E-state index in [1.807, 2.05) is 36.4 Å². The highest BCUT2D eigenvalue weighted by Gasteiger charge is 2.30. The van der Waals surface area contributed by atoms with Crippen LogP contribution in [0.15, 0.2) is 71.7 Å². The number of amidine groups is 1. The van der Waals surface area contributed by atoms with Crippen molar-refractivity contribution in [2.24, 2.45) is 4.99 Å². The third-order valence-corrected chi connectivity index (χ3v) is 5.78. The monoisotopic (exact) mass is 414 g/mol. The molecule has 1 aliphatic heterocycles. The Morgan fingerprint density at radius 2 is 1.72 bits per heavy atom. The average molecular weight is 414 g/mol. The van der Waals surface area contributed by atoms with Gasteiger partial charge in [0.25, 0.3) is 5.91 Å². The van der Waals surface area contributed by atoms with Crippen molar-refractivity contribution in [1.29, 1.82) is 0 Å². The maximum absolute atomic E-state index is 13.0. The van der Waals surface area contributed by atoms with E-state index in [9.17, 15) is 18.0 Å². The molecule has 0 radical (unpaired) electrons. The molecule has 3 nitrogen and oxygen atoms in total. The number of hydrogen-bond donors (Lipinski definition) is 0. The molecule has 0 aromatic heterocycles. The van der Waals surface area contributed by atoms with E-state index in [0.29, 0.717) is 29.6 Å². The van der Waals surface area contributed by atoms with E-state index in [2.05, 4.69) is 4.99 Å². The van der Waals surface area contributed by atoms with Gasteiger partial charge in [-0.2, -0.15) is 13.2 Å². The number of fused-ring (bicyclic) bond motifs is 1. The Morgan fingerprint density at radius 1 is 1.00 bits per heavy atom. The van der Waals surface area contributed by atoms with Gasteiger partial charge in [0.05, 0.1) is 12.1 Å². The zero-order valence-electron chi connectivity index (χ0n) is 15.3. The lowest BCUT2D eigenvalue weighted by atomic mass is 10.1. The molecule has 0 bridgehead atoms. The minimum Gasteiger partial charge on any atom is -0.286 e. The third-order valence-electron chi connectivity index (χ3n) is 4.69. The number of nitrogens with zero attached hydrogens (tertiary/aromatic N) is 2. The summed E-state index contributed by atoms with van der Waals surface area (Å²) in [5, 5.41) is 2.66. The average Bonchev–Trinajstić information content (AvgIpc) is 3.19. The van der Waals surface area contributed by atoms with E-state index in [-0.39, 0.29) is 5.91 Å². The molecule has 7 heteroatoms. The number of alkyl halides is 3. The lowest BCUT2D eigenvalue weighted by Gasteiger charge is -2.18. The number of amides is 1. The summed E-state index contributed by atoms with van der Waals surface area (Å²) in [6.07, 6.45) is -4.34. The first-order chi connectivity index (χ1) is 13.9. The van der Waals surface area contributed by atoms with Crippen LogP contribution in [-0.4, -0.2) is 29.1 Å². The van der Waals surface area contributed by atoms with Gasteiger partial charge in [-0.05, 0) is 40.6 Å². The summed E-state index contributed by atoms with van der Waals surface area (Å²) in [5.74, 6) is 0.324. The van der Waals surface area contributed by atoms with Gasteiger partial charge in [-0.3, -0.25) is 14.7 Å². The molecule has 1 amide bonds.